The highest BCUT2D eigenvalue weighted by Crippen LogP contribution is 2.22. The summed E-state index contributed by atoms with van der Waals surface area (Å²) in [5.41, 5.74) is 6.59. The Morgan fingerprint density at radius 2 is 1.69 bits per heavy atom. The van der Waals surface area contributed by atoms with Crippen molar-refractivity contribution in [3.05, 3.63) is 102 Å². The highest BCUT2D eigenvalue weighted by Gasteiger charge is 2.11. The molecule has 0 spiro atoms. The Hall–Kier alpha value is -4.19. The van der Waals surface area contributed by atoms with Crippen LogP contribution in [0.1, 0.15) is 29.3 Å². The van der Waals surface area contributed by atoms with E-state index in [1.54, 1.807) is 35.2 Å². The first-order valence-corrected chi connectivity index (χ1v) is 10.5. The standard InChI is InChI=1S/C26H24N4O2/c1-2-17-32-24-15-13-21(14-16-24)26(31)28-27-18-22-19-30(23-11-7-4-8-12-23)29-25(22)20-9-5-3-6-10-20/h3-16,18-19H,2,17H2,1H3,(H,28,31)/b27-18-. The van der Waals surface area contributed by atoms with E-state index in [1.807, 2.05) is 73.8 Å². The van der Waals surface area contributed by atoms with Crippen LogP contribution < -0.4 is 10.2 Å². The van der Waals surface area contributed by atoms with Crippen molar-refractivity contribution in [2.45, 2.75) is 13.3 Å². The lowest BCUT2D eigenvalue weighted by Crippen LogP contribution is -2.17. The summed E-state index contributed by atoms with van der Waals surface area (Å²) in [6.45, 7) is 2.70. The zero-order valence-electron chi connectivity index (χ0n) is 17.8. The van der Waals surface area contributed by atoms with Gasteiger partial charge in [-0.15, -0.1) is 0 Å². The Morgan fingerprint density at radius 3 is 2.38 bits per heavy atom. The third-order valence-electron chi connectivity index (χ3n) is 4.77. The molecule has 0 fully saturated rings. The molecule has 0 bridgehead atoms. The van der Waals surface area contributed by atoms with Crippen LogP contribution in [-0.2, 0) is 0 Å². The second kappa shape index (κ2) is 10.2. The van der Waals surface area contributed by atoms with Gasteiger partial charge in [-0.2, -0.15) is 10.2 Å². The highest BCUT2D eigenvalue weighted by atomic mass is 16.5. The number of hydrazone groups is 1. The second-order valence-corrected chi connectivity index (χ2v) is 7.15. The van der Waals surface area contributed by atoms with Crippen molar-refractivity contribution in [1.82, 2.24) is 15.2 Å². The smallest absolute Gasteiger partial charge is 0.271 e. The zero-order chi connectivity index (χ0) is 22.2. The molecule has 160 valence electrons. The predicted molar refractivity (Wildman–Crippen MR) is 126 cm³/mol. The molecule has 4 aromatic rings. The van der Waals surface area contributed by atoms with E-state index in [1.165, 1.54) is 0 Å². The molecule has 1 N–H and O–H groups in total. The molecule has 1 amide bonds. The molecular formula is C26H24N4O2. The molecule has 1 aromatic heterocycles. The quantitative estimate of drug-likeness (QED) is 0.316. The van der Waals surface area contributed by atoms with Gasteiger partial charge in [-0.25, -0.2) is 10.1 Å². The van der Waals surface area contributed by atoms with Crippen molar-refractivity contribution < 1.29 is 9.53 Å². The van der Waals surface area contributed by atoms with Crippen LogP contribution in [0.25, 0.3) is 16.9 Å². The van der Waals surface area contributed by atoms with Gasteiger partial charge in [0.1, 0.15) is 11.4 Å². The molecule has 0 saturated carbocycles. The van der Waals surface area contributed by atoms with Crippen LogP contribution in [0.3, 0.4) is 0 Å². The highest BCUT2D eigenvalue weighted by molar-refractivity contribution is 5.95. The maximum absolute atomic E-state index is 12.5. The Balaban J connectivity index is 1.52. The fourth-order valence-corrected chi connectivity index (χ4v) is 3.16. The average Bonchev–Trinajstić information content (AvgIpc) is 3.28. The normalized spacial score (nSPS) is 10.9. The van der Waals surface area contributed by atoms with Crippen molar-refractivity contribution in [1.29, 1.82) is 0 Å². The number of benzene rings is 3. The SMILES string of the molecule is CCCOc1ccc(C(=O)N/N=C\c2cn(-c3ccccc3)nc2-c2ccccc2)cc1. The number of amides is 1. The summed E-state index contributed by atoms with van der Waals surface area (Å²) in [6.07, 6.45) is 4.45. The molecular weight excluding hydrogens is 400 g/mol. The number of carbonyl (C=O) groups excluding carboxylic acids is 1. The van der Waals surface area contributed by atoms with Crippen molar-refractivity contribution in [3.8, 4) is 22.7 Å². The van der Waals surface area contributed by atoms with E-state index >= 15 is 0 Å². The third-order valence-corrected chi connectivity index (χ3v) is 4.77. The largest absolute Gasteiger partial charge is 0.494 e. The molecule has 6 heteroatoms. The van der Waals surface area contributed by atoms with Crippen LogP contribution in [0.4, 0.5) is 0 Å². The van der Waals surface area contributed by atoms with Gasteiger partial charge in [0.2, 0.25) is 0 Å². The van der Waals surface area contributed by atoms with Gasteiger partial charge >= 0.3 is 0 Å². The molecule has 0 atom stereocenters. The maximum Gasteiger partial charge on any atom is 0.271 e. The average molecular weight is 425 g/mol. The molecule has 0 aliphatic heterocycles. The van der Waals surface area contributed by atoms with Crippen LogP contribution in [0.2, 0.25) is 0 Å². The number of aromatic nitrogens is 2. The summed E-state index contributed by atoms with van der Waals surface area (Å²) in [6, 6.07) is 26.8. The fraction of sp³-hybridized carbons (Fsp3) is 0.115. The number of carbonyl (C=O) groups is 1. The van der Waals surface area contributed by atoms with Crippen LogP contribution in [-0.4, -0.2) is 28.5 Å². The van der Waals surface area contributed by atoms with Crippen LogP contribution in [0, 0.1) is 0 Å². The summed E-state index contributed by atoms with van der Waals surface area (Å²) >= 11 is 0. The van der Waals surface area contributed by atoms with E-state index in [0.717, 1.165) is 34.7 Å². The van der Waals surface area contributed by atoms with Gasteiger partial charge in [0, 0.05) is 22.9 Å². The number of para-hydroxylation sites is 1. The minimum absolute atomic E-state index is 0.292. The Bertz CT molecular complexity index is 1180. The van der Waals surface area contributed by atoms with Gasteiger partial charge in [0.05, 0.1) is 18.5 Å². The van der Waals surface area contributed by atoms with E-state index < -0.39 is 0 Å². The molecule has 0 radical (unpaired) electrons. The topological polar surface area (TPSA) is 68.5 Å². The fourth-order valence-electron chi connectivity index (χ4n) is 3.16. The number of hydrogen-bond acceptors (Lipinski definition) is 4. The number of ether oxygens (including phenoxy) is 1. The maximum atomic E-state index is 12.5. The van der Waals surface area contributed by atoms with Crippen LogP contribution in [0.5, 0.6) is 5.75 Å². The summed E-state index contributed by atoms with van der Waals surface area (Å²) in [5.74, 6) is 0.452. The lowest BCUT2D eigenvalue weighted by atomic mass is 10.1. The van der Waals surface area contributed by atoms with Crippen LogP contribution >= 0.6 is 0 Å². The first-order valence-electron chi connectivity index (χ1n) is 10.5. The summed E-state index contributed by atoms with van der Waals surface area (Å²) in [4.78, 5) is 12.5. The number of hydrogen-bond donors (Lipinski definition) is 1. The molecule has 4 rings (SSSR count). The van der Waals surface area contributed by atoms with E-state index in [2.05, 4.69) is 10.5 Å². The number of nitrogens with one attached hydrogen (secondary N) is 1. The number of nitrogens with zero attached hydrogens (tertiary/aromatic N) is 3. The second-order valence-electron chi connectivity index (χ2n) is 7.15. The Labute approximate surface area is 187 Å². The van der Waals surface area contributed by atoms with Crippen molar-refractivity contribution >= 4 is 12.1 Å². The molecule has 3 aromatic carbocycles. The lowest BCUT2D eigenvalue weighted by Gasteiger charge is -2.05. The summed E-state index contributed by atoms with van der Waals surface area (Å²) in [5, 5.41) is 8.91. The Morgan fingerprint density at radius 1 is 1.00 bits per heavy atom. The molecule has 0 aliphatic carbocycles. The molecule has 0 saturated heterocycles. The molecule has 32 heavy (non-hydrogen) atoms. The third kappa shape index (κ3) is 5.10. The first kappa shape index (κ1) is 21.1. The van der Waals surface area contributed by atoms with Crippen molar-refractivity contribution in [2.24, 2.45) is 5.10 Å². The zero-order valence-corrected chi connectivity index (χ0v) is 17.8. The van der Waals surface area contributed by atoms with Crippen molar-refractivity contribution in [2.75, 3.05) is 6.61 Å². The lowest BCUT2D eigenvalue weighted by molar-refractivity contribution is 0.0955. The van der Waals surface area contributed by atoms with Gasteiger partial charge < -0.3 is 4.74 Å². The molecule has 6 nitrogen and oxygen atoms in total. The predicted octanol–water partition coefficient (Wildman–Crippen LogP) is 5.09. The van der Waals surface area contributed by atoms with Crippen molar-refractivity contribution in [3.63, 3.8) is 0 Å². The van der Waals surface area contributed by atoms with E-state index in [-0.39, 0.29) is 5.91 Å². The monoisotopic (exact) mass is 424 g/mol. The summed E-state index contributed by atoms with van der Waals surface area (Å²) in [7, 11) is 0. The van der Waals surface area contributed by atoms with E-state index in [9.17, 15) is 4.79 Å². The molecule has 0 aliphatic rings. The minimum atomic E-state index is -0.292. The van der Waals surface area contributed by atoms with Gasteiger partial charge in [-0.05, 0) is 42.8 Å². The summed E-state index contributed by atoms with van der Waals surface area (Å²) < 4.78 is 7.36. The minimum Gasteiger partial charge on any atom is -0.494 e. The molecule has 0 unspecified atom stereocenters. The van der Waals surface area contributed by atoms with Gasteiger partial charge in [0.25, 0.3) is 5.91 Å². The van der Waals surface area contributed by atoms with Gasteiger partial charge in [-0.3, -0.25) is 4.79 Å². The number of rotatable bonds is 8. The molecule has 1 heterocycles. The van der Waals surface area contributed by atoms with Gasteiger partial charge in [-0.1, -0.05) is 55.5 Å². The van der Waals surface area contributed by atoms with Gasteiger partial charge in [0.15, 0.2) is 0 Å². The van der Waals surface area contributed by atoms with E-state index in [4.69, 9.17) is 9.84 Å². The van der Waals surface area contributed by atoms with E-state index in [0.29, 0.717) is 12.2 Å². The first-order chi connectivity index (χ1) is 15.7. The Kier molecular flexibility index (Phi) is 6.72. The van der Waals surface area contributed by atoms with Crippen LogP contribution in [0.15, 0.2) is 96.2 Å².